The SMILES string of the molecule is Cc1nn(Cc2ccc(F)cc2Cl)c(C)c1NC(=O)c1ccn(CCC(=O)O)n1. The number of anilines is 1. The van der Waals surface area contributed by atoms with Gasteiger partial charge in [0.25, 0.3) is 5.91 Å². The third kappa shape index (κ3) is 4.80. The number of aryl methyl sites for hydroxylation is 2. The molecule has 2 N–H and O–H groups in total. The van der Waals surface area contributed by atoms with Gasteiger partial charge in [0.2, 0.25) is 0 Å². The van der Waals surface area contributed by atoms with E-state index in [1.54, 1.807) is 30.8 Å². The molecule has 0 aliphatic heterocycles. The number of carboxylic acids is 1. The molecule has 0 radical (unpaired) electrons. The molecule has 0 aliphatic rings. The van der Waals surface area contributed by atoms with E-state index in [1.807, 2.05) is 0 Å². The smallest absolute Gasteiger partial charge is 0.305 e. The van der Waals surface area contributed by atoms with Crippen molar-refractivity contribution in [2.24, 2.45) is 0 Å². The van der Waals surface area contributed by atoms with Crippen LogP contribution in [0.3, 0.4) is 0 Å². The third-order valence-corrected chi connectivity index (χ3v) is 4.74. The lowest BCUT2D eigenvalue weighted by Gasteiger charge is -2.08. The number of aliphatic carboxylic acids is 1. The Morgan fingerprint density at radius 3 is 2.69 bits per heavy atom. The van der Waals surface area contributed by atoms with E-state index in [4.69, 9.17) is 16.7 Å². The van der Waals surface area contributed by atoms with Crippen molar-refractivity contribution in [3.05, 3.63) is 63.9 Å². The summed E-state index contributed by atoms with van der Waals surface area (Å²) in [4.78, 5) is 23.2. The summed E-state index contributed by atoms with van der Waals surface area (Å²) in [6, 6.07) is 5.68. The summed E-state index contributed by atoms with van der Waals surface area (Å²) < 4.78 is 16.3. The van der Waals surface area contributed by atoms with E-state index < -0.39 is 17.7 Å². The Labute approximate surface area is 170 Å². The van der Waals surface area contributed by atoms with Crippen LogP contribution in [0, 0.1) is 19.7 Å². The van der Waals surface area contributed by atoms with Crippen LogP contribution in [0.15, 0.2) is 30.5 Å². The molecule has 0 fully saturated rings. The summed E-state index contributed by atoms with van der Waals surface area (Å²) in [6.07, 6.45) is 1.47. The molecule has 8 nitrogen and oxygen atoms in total. The summed E-state index contributed by atoms with van der Waals surface area (Å²) in [5.41, 5.74) is 2.74. The molecule has 1 amide bonds. The molecule has 0 unspecified atom stereocenters. The van der Waals surface area contributed by atoms with Crippen molar-refractivity contribution < 1.29 is 19.1 Å². The average Bonchev–Trinajstić information content (AvgIpc) is 3.23. The number of rotatable bonds is 7. The molecule has 152 valence electrons. The molecular formula is C19H19ClFN5O3. The molecule has 0 saturated carbocycles. The quantitative estimate of drug-likeness (QED) is 0.612. The number of carbonyl (C=O) groups is 2. The van der Waals surface area contributed by atoms with Crippen LogP contribution in [0.2, 0.25) is 5.02 Å². The van der Waals surface area contributed by atoms with Crippen LogP contribution >= 0.6 is 11.6 Å². The van der Waals surface area contributed by atoms with Gasteiger partial charge in [0, 0.05) is 11.2 Å². The summed E-state index contributed by atoms with van der Waals surface area (Å²) in [5, 5.41) is 20.3. The van der Waals surface area contributed by atoms with Gasteiger partial charge in [-0.05, 0) is 37.6 Å². The Hall–Kier alpha value is -3.20. The Morgan fingerprint density at radius 2 is 2.00 bits per heavy atom. The van der Waals surface area contributed by atoms with Gasteiger partial charge < -0.3 is 10.4 Å². The number of carboxylic acid groups (broad SMARTS) is 1. The van der Waals surface area contributed by atoms with Gasteiger partial charge in [0.15, 0.2) is 5.69 Å². The van der Waals surface area contributed by atoms with Crippen molar-refractivity contribution in [2.75, 3.05) is 5.32 Å². The minimum Gasteiger partial charge on any atom is -0.481 e. The highest BCUT2D eigenvalue weighted by Gasteiger charge is 2.18. The van der Waals surface area contributed by atoms with E-state index in [9.17, 15) is 14.0 Å². The Bertz CT molecular complexity index is 1080. The van der Waals surface area contributed by atoms with Gasteiger partial charge >= 0.3 is 5.97 Å². The van der Waals surface area contributed by atoms with Crippen LogP contribution in [0.5, 0.6) is 0 Å². The number of nitrogens with one attached hydrogen (secondary N) is 1. The van der Waals surface area contributed by atoms with E-state index >= 15 is 0 Å². The van der Waals surface area contributed by atoms with Gasteiger partial charge in [-0.3, -0.25) is 19.0 Å². The van der Waals surface area contributed by atoms with Crippen molar-refractivity contribution in [1.82, 2.24) is 19.6 Å². The lowest BCUT2D eigenvalue weighted by atomic mass is 10.2. The highest BCUT2D eigenvalue weighted by Crippen LogP contribution is 2.24. The van der Waals surface area contributed by atoms with Crippen LogP contribution < -0.4 is 5.32 Å². The first-order valence-electron chi connectivity index (χ1n) is 8.79. The largest absolute Gasteiger partial charge is 0.481 e. The zero-order chi connectivity index (χ0) is 21.1. The second-order valence-electron chi connectivity index (χ2n) is 6.50. The fourth-order valence-corrected chi connectivity index (χ4v) is 3.07. The number of halogens is 2. The molecule has 3 aromatic rings. The molecule has 0 aliphatic carbocycles. The average molecular weight is 420 g/mol. The molecule has 29 heavy (non-hydrogen) atoms. The van der Waals surface area contributed by atoms with Crippen molar-refractivity contribution in [1.29, 1.82) is 0 Å². The molecule has 1 aromatic carbocycles. The number of carbonyl (C=O) groups excluding carboxylic acids is 1. The Morgan fingerprint density at radius 1 is 1.24 bits per heavy atom. The van der Waals surface area contributed by atoms with Crippen molar-refractivity contribution in [3.63, 3.8) is 0 Å². The summed E-state index contributed by atoms with van der Waals surface area (Å²) in [6.45, 7) is 4.07. The predicted molar refractivity (Wildman–Crippen MR) is 105 cm³/mol. The first-order valence-corrected chi connectivity index (χ1v) is 9.17. The monoisotopic (exact) mass is 419 g/mol. The number of nitrogens with zero attached hydrogens (tertiary/aromatic N) is 4. The summed E-state index contributed by atoms with van der Waals surface area (Å²) in [5.74, 6) is -1.78. The third-order valence-electron chi connectivity index (χ3n) is 4.38. The van der Waals surface area contributed by atoms with Crippen LogP contribution in [-0.2, 0) is 17.9 Å². The van der Waals surface area contributed by atoms with E-state index in [0.29, 0.717) is 34.2 Å². The minimum atomic E-state index is -0.938. The molecule has 0 atom stereocenters. The Kier molecular flexibility index (Phi) is 5.97. The number of amides is 1. The highest BCUT2D eigenvalue weighted by molar-refractivity contribution is 6.31. The Balaban J connectivity index is 1.74. The first kappa shape index (κ1) is 20.5. The molecule has 0 spiro atoms. The molecule has 2 aromatic heterocycles. The summed E-state index contributed by atoms with van der Waals surface area (Å²) in [7, 11) is 0. The second kappa shape index (κ2) is 8.44. The molecule has 0 bridgehead atoms. The highest BCUT2D eigenvalue weighted by atomic mass is 35.5. The van der Waals surface area contributed by atoms with Gasteiger partial charge in [-0.25, -0.2) is 4.39 Å². The van der Waals surface area contributed by atoms with E-state index in [1.165, 1.54) is 22.9 Å². The van der Waals surface area contributed by atoms with Crippen LogP contribution in [0.25, 0.3) is 0 Å². The maximum Gasteiger partial charge on any atom is 0.305 e. The number of benzene rings is 1. The lowest BCUT2D eigenvalue weighted by molar-refractivity contribution is -0.137. The number of hydrogen-bond acceptors (Lipinski definition) is 4. The topological polar surface area (TPSA) is 102 Å². The molecule has 3 rings (SSSR count). The zero-order valence-corrected chi connectivity index (χ0v) is 16.6. The first-order chi connectivity index (χ1) is 13.7. The number of hydrogen-bond donors (Lipinski definition) is 2. The second-order valence-corrected chi connectivity index (χ2v) is 6.91. The minimum absolute atomic E-state index is 0.0837. The van der Waals surface area contributed by atoms with Gasteiger partial charge in [0.1, 0.15) is 5.82 Å². The van der Waals surface area contributed by atoms with Gasteiger partial charge in [0.05, 0.1) is 36.6 Å². The standard InChI is InChI=1S/C19H19ClFN5O3/c1-11-18(22-19(29)16-5-7-25(24-16)8-6-17(27)28)12(2)26(23-11)10-13-3-4-14(21)9-15(13)20/h3-5,7,9H,6,8,10H2,1-2H3,(H,22,29)(H,27,28). The van der Waals surface area contributed by atoms with E-state index in [-0.39, 0.29) is 18.7 Å². The van der Waals surface area contributed by atoms with Gasteiger partial charge in [-0.1, -0.05) is 17.7 Å². The van der Waals surface area contributed by atoms with Gasteiger partial charge in [-0.2, -0.15) is 10.2 Å². The molecule has 0 saturated heterocycles. The van der Waals surface area contributed by atoms with Crippen molar-refractivity contribution in [3.8, 4) is 0 Å². The molecule has 10 heteroatoms. The van der Waals surface area contributed by atoms with Crippen molar-refractivity contribution in [2.45, 2.75) is 33.4 Å². The molecule has 2 heterocycles. The van der Waals surface area contributed by atoms with Gasteiger partial charge in [-0.15, -0.1) is 0 Å². The van der Waals surface area contributed by atoms with Crippen LogP contribution in [0.1, 0.15) is 33.9 Å². The van der Waals surface area contributed by atoms with E-state index in [2.05, 4.69) is 15.5 Å². The van der Waals surface area contributed by atoms with E-state index in [0.717, 1.165) is 0 Å². The van der Waals surface area contributed by atoms with Crippen molar-refractivity contribution >= 4 is 29.2 Å². The normalized spacial score (nSPS) is 10.9. The fraction of sp³-hybridized carbons (Fsp3) is 0.263. The number of aromatic nitrogens is 4. The van der Waals surface area contributed by atoms with Crippen LogP contribution in [-0.4, -0.2) is 36.5 Å². The maximum atomic E-state index is 13.2. The molecular weight excluding hydrogens is 401 g/mol. The fourth-order valence-electron chi connectivity index (χ4n) is 2.84. The lowest BCUT2D eigenvalue weighted by Crippen LogP contribution is -2.15. The zero-order valence-electron chi connectivity index (χ0n) is 15.8. The predicted octanol–water partition coefficient (Wildman–Crippen LogP) is 3.26. The maximum absolute atomic E-state index is 13.2. The van der Waals surface area contributed by atoms with Crippen LogP contribution in [0.4, 0.5) is 10.1 Å². The summed E-state index contributed by atoms with van der Waals surface area (Å²) >= 11 is 6.09.